The minimum atomic E-state index is -0.868. The fraction of sp³-hybridized carbons (Fsp3) is 0.0588. The molecule has 6 heteroatoms. The topological polar surface area (TPSA) is 70.4 Å². The number of phenols is 1. The Morgan fingerprint density at radius 1 is 1.17 bits per heavy atom. The summed E-state index contributed by atoms with van der Waals surface area (Å²) in [6.07, 6.45) is 1.89. The maximum Gasteiger partial charge on any atom is 0.313 e. The highest BCUT2D eigenvalue weighted by molar-refractivity contribution is 8.09. The van der Waals surface area contributed by atoms with Gasteiger partial charge in [-0.05, 0) is 35.9 Å². The quantitative estimate of drug-likeness (QED) is 0.722. The number of hydrogen-bond acceptors (Lipinski definition) is 5. The summed E-state index contributed by atoms with van der Waals surface area (Å²) in [6, 6.07) is 14.6. The van der Waals surface area contributed by atoms with Crippen molar-refractivity contribution in [2.45, 2.75) is 0 Å². The van der Waals surface area contributed by atoms with Gasteiger partial charge in [-0.25, -0.2) is 4.98 Å². The van der Waals surface area contributed by atoms with Crippen molar-refractivity contribution in [2.24, 2.45) is 0 Å². The number of phenolic OH excluding ortho intramolecular Hbond substituents is 1. The Morgan fingerprint density at radius 3 is 2.61 bits per heavy atom. The van der Waals surface area contributed by atoms with Crippen LogP contribution in [0.5, 0.6) is 5.75 Å². The highest BCUT2D eigenvalue weighted by Crippen LogP contribution is 2.35. The van der Waals surface area contributed by atoms with Crippen molar-refractivity contribution in [3.05, 3.63) is 59.1 Å². The smallest absolute Gasteiger partial charge is 0.313 e. The van der Waals surface area contributed by atoms with Crippen LogP contribution in [0.4, 0.5) is 0 Å². The summed E-state index contributed by atoms with van der Waals surface area (Å²) in [5, 5.41) is 19.1. The molecule has 0 spiro atoms. The van der Waals surface area contributed by atoms with Crippen LogP contribution in [-0.4, -0.2) is 26.9 Å². The molecule has 3 aromatic rings. The van der Waals surface area contributed by atoms with Crippen LogP contribution < -0.4 is 0 Å². The largest absolute Gasteiger partial charge is 0.508 e. The number of rotatable bonds is 5. The van der Waals surface area contributed by atoms with Gasteiger partial charge < -0.3 is 10.2 Å². The first-order chi connectivity index (χ1) is 11.1. The zero-order valence-electron chi connectivity index (χ0n) is 12.0. The number of aromatic hydroxyl groups is 1. The van der Waals surface area contributed by atoms with Crippen LogP contribution in [-0.2, 0) is 4.79 Å². The van der Waals surface area contributed by atoms with Crippen molar-refractivity contribution in [3.63, 3.8) is 0 Å². The van der Waals surface area contributed by atoms with Gasteiger partial charge in [0, 0.05) is 4.91 Å². The Labute approximate surface area is 141 Å². The Morgan fingerprint density at radius 2 is 1.91 bits per heavy atom. The van der Waals surface area contributed by atoms with E-state index in [2.05, 4.69) is 4.98 Å². The van der Waals surface area contributed by atoms with Gasteiger partial charge in [-0.1, -0.05) is 24.3 Å². The van der Waals surface area contributed by atoms with E-state index >= 15 is 0 Å². The van der Waals surface area contributed by atoms with Crippen molar-refractivity contribution in [3.8, 4) is 5.75 Å². The fourth-order valence-electron chi connectivity index (χ4n) is 2.00. The lowest BCUT2D eigenvalue weighted by molar-refractivity contribution is -0.133. The van der Waals surface area contributed by atoms with E-state index in [0.717, 1.165) is 25.7 Å². The molecule has 2 aromatic carbocycles. The molecule has 0 saturated carbocycles. The van der Waals surface area contributed by atoms with Crippen molar-refractivity contribution in [1.29, 1.82) is 0 Å². The molecule has 1 aromatic heterocycles. The molecule has 0 unspecified atom stereocenters. The van der Waals surface area contributed by atoms with Gasteiger partial charge in [0.1, 0.15) is 10.8 Å². The third kappa shape index (κ3) is 3.91. The maximum absolute atomic E-state index is 10.9. The van der Waals surface area contributed by atoms with Crippen LogP contribution in [0.2, 0.25) is 0 Å². The van der Waals surface area contributed by atoms with E-state index in [-0.39, 0.29) is 11.5 Å². The number of thioether (sulfide) groups is 1. The molecule has 0 aliphatic carbocycles. The molecule has 0 atom stereocenters. The molecule has 0 bridgehead atoms. The monoisotopic (exact) mass is 343 g/mol. The Hall–Kier alpha value is -2.31. The zero-order valence-corrected chi connectivity index (χ0v) is 13.6. The Kier molecular flexibility index (Phi) is 4.64. The lowest BCUT2D eigenvalue weighted by Gasteiger charge is -2.03. The number of carboxylic acid groups (broad SMARTS) is 1. The molecular weight excluding hydrogens is 330 g/mol. The molecule has 1 heterocycles. The van der Waals surface area contributed by atoms with Gasteiger partial charge in [0.05, 0.1) is 16.0 Å². The van der Waals surface area contributed by atoms with Crippen molar-refractivity contribution >= 4 is 50.3 Å². The molecule has 0 radical (unpaired) electrons. The number of aromatic nitrogens is 1. The third-order valence-corrected chi connectivity index (χ3v) is 5.26. The molecule has 23 heavy (non-hydrogen) atoms. The number of carbonyl (C=O) groups is 1. The van der Waals surface area contributed by atoms with Gasteiger partial charge in [-0.3, -0.25) is 4.79 Å². The average Bonchev–Trinajstić information content (AvgIpc) is 2.97. The first-order valence-electron chi connectivity index (χ1n) is 6.83. The first kappa shape index (κ1) is 15.6. The third-order valence-electron chi connectivity index (χ3n) is 3.05. The second-order valence-corrected chi connectivity index (χ2v) is 6.82. The molecule has 0 aliphatic rings. The minimum Gasteiger partial charge on any atom is -0.508 e. The predicted molar refractivity (Wildman–Crippen MR) is 95.7 cm³/mol. The average molecular weight is 343 g/mol. The van der Waals surface area contributed by atoms with E-state index < -0.39 is 5.97 Å². The SMILES string of the molecule is O=C(O)CSC(=Cc1ccc(O)cc1)c1nc2ccccc2s1. The molecular formula is C17H13NO3S2. The van der Waals surface area contributed by atoms with E-state index in [0.29, 0.717) is 0 Å². The number of benzene rings is 2. The number of fused-ring (bicyclic) bond motifs is 1. The Balaban J connectivity index is 2.00. The number of aliphatic carboxylic acids is 1. The van der Waals surface area contributed by atoms with Crippen molar-refractivity contribution in [2.75, 3.05) is 5.75 Å². The second kappa shape index (κ2) is 6.85. The molecule has 0 aliphatic heterocycles. The van der Waals surface area contributed by atoms with Gasteiger partial charge in [-0.15, -0.1) is 23.1 Å². The summed E-state index contributed by atoms with van der Waals surface area (Å²) in [6.45, 7) is 0. The summed E-state index contributed by atoms with van der Waals surface area (Å²) >= 11 is 2.78. The summed E-state index contributed by atoms with van der Waals surface area (Å²) in [4.78, 5) is 16.3. The molecule has 0 amide bonds. The minimum absolute atomic E-state index is 0.0279. The van der Waals surface area contributed by atoms with Crippen molar-refractivity contribution < 1.29 is 15.0 Å². The van der Waals surface area contributed by atoms with E-state index in [1.165, 1.54) is 23.1 Å². The van der Waals surface area contributed by atoms with Crippen LogP contribution in [0.25, 0.3) is 21.2 Å². The lowest BCUT2D eigenvalue weighted by atomic mass is 10.2. The molecule has 0 fully saturated rings. The van der Waals surface area contributed by atoms with Crippen LogP contribution in [0.3, 0.4) is 0 Å². The summed E-state index contributed by atoms with van der Waals surface area (Å²) < 4.78 is 1.06. The molecule has 4 nitrogen and oxygen atoms in total. The number of carboxylic acids is 1. The van der Waals surface area contributed by atoms with Crippen LogP contribution >= 0.6 is 23.1 Å². The van der Waals surface area contributed by atoms with Gasteiger partial charge in [0.2, 0.25) is 0 Å². The van der Waals surface area contributed by atoms with Crippen LogP contribution in [0.1, 0.15) is 10.6 Å². The number of para-hydroxylation sites is 1. The molecule has 0 saturated heterocycles. The highest BCUT2D eigenvalue weighted by Gasteiger charge is 2.11. The van der Waals surface area contributed by atoms with Gasteiger partial charge in [0.15, 0.2) is 0 Å². The predicted octanol–water partition coefficient (Wildman–Crippen LogP) is 4.32. The summed E-state index contributed by atoms with van der Waals surface area (Å²) in [7, 11) is 0. The summed E-state index contributed by atoms with van der Waals surface area (Å²) in [5.74, 6) is -0.700. The van der Waals surface area contributed by atoms with Gasteiger partial charge >= 0.3 is 5.97 Å². The molecule has 116 valence electrons. The highest BCUT2D eigenvalue weighted by atomic mass is 32.2. The fourth-order valence-corrected chi connectivity index (χ4v) is 3.85. The first-order valence-corrected chi connectivity index (χ1v) is 8.63. The number of thiazole rings is 1. The second-order valence-electron chi connectivity index (χ2n) is 4.77. The van der Waals surface area contributed by atoms with E-state index in [1.54, 1.807) is 24.3 Å². The molecule has 2 N–H and O–H groups in total. The van der Waals surface area contributed by atoms with Crippen LogP contribution in [0.15, 0.2) is 48.5 Å². The zero-order chi connectivity index (χ0) is 16.2. The van der Waals surface area contributed by atoms with E-state index in [1.807, 2.05) is 30.3 Å². The number of nitrogens with zero attached hydrogens (tertiary/aromatic N) is 1. The van der Waals surface area contributed by atoms with Gasteiger partial charge in [0.25, 0.3) is 0 Å². The number of hydrogen-bond donors (Lipinski definition) is 2. The summed E-state index contributed by atoms with van der Waals surface area (Å²) in [5.41, 5.74) is 1.79. The normalized spacial score (nSPS) is 11.7. The van der Waals surface area contributed by atoms with Gasteiger partial charge in [-0.2, -0.15) is 0 Å². The molecule has 3 rings (SSSR count). The lowest BCUT2D eigenvalue weighted by Crippen LogP contribution is -1.97. The van der Waals surface area contributed by atoms with Crippen LogP contribution in [0, 0.1) is 0 Å². The van der Waals surface area contributed by atoms with E-state index in [9.17, 15) is 9.90 Å². The van der Waals surface area contributed by atoms with E-state index in [4.69, 9.17) is 5.11 Å². The maximum atomic E-state index is 10.9. The van der Waals surface area contributed by atoms with Crippen molar-refractivity contribution in [1.82, 2.24) is 4.98 Å². The Bertz CT molecular complexity index is 836. The standard InChI is InChI=1S/C17H13NO3S2/c19-12-7-5-11(6-8-12)9-15(22-10-16(20)21)17-18-13-3-1-2-4-14(13)23-17/h1-9,19H,10H2,(H,20,21).